The van der Waals surface area contributed by atoms with Crippen molar-refractivity contribution in [3.05, 3.63) is 60.0 Å². The maximum absolute atomic E-state index is 13.1. The van der Waals surface area contributed by atoms with Gasteiger partial charge in [-0.15, -0.1) is 0 Å². The van der Waals surface area contributed by atoms with Gasteiger partial charge in [-0.05, 0) is 50.2 Å². The molecule has 0 spiro atoms. The van der Waals surface area contributed by atoms with E-state index in [2.05, 4.69) is 10.3 Å². The van der Waals surface area contributed by atoms with Gasteiger partial charge in [-0.25, -0.2) is 4.39 Å². The van der Waals surface area contributed by atoms with Gasteiger partial charge in [-0.1, -0.05) is 6.07 Å². The number of rotatable bonds is 4. The molecule has 118 valence electrons. The molecule has 1 aromatic heterocycles. The summed E-state index contributed by atoms with van der Waals surface area (Å²) >= 11 is 0. The second kappa shape index (κ2) is 6.12. The molecule has 1 heterocycles. The van der Waals surface area contributed by atoms with Crippen LogP contribution in [0.5, 0.6) is 5.75 Å². The average molecular weight is 312 g/mol. The molecular formula is C18H17FN2O2. The Bertz CT molecular complexity index is 857. The molecule has 0 fully saturated rings. The molecule has 23 heavy (non-hydrogen) atoms. The lowest BCUT2D eigenvalue weighted by Gasteiger charge is -2.14. The first kappa shape index (κ1) is 15.1. The average Bonchev–Trinajstić information content (AvgIpc) is 2.86. The molecule has 4 nitrogen and oxygen atoms in total. The van der Waals surface area contributed by atoms with E-state index in [0.29, 0.717) is 11.4 Å². The highest BCUT2D eigenvalue weighted by Crippen LogP contribution is 2.20. The molecule has 0 radical (unpaired) electrons. The van der Waals surface area contributed by atoms with Gasteiger partial charge in [0.25, 0.3) is 5.91 Å². The quantitative estimate of drug-likeness (QED) is 0.764. The van der Waals surface area contributed by atoms with Crippen molar-refractivity contribution in [2.24, 2.45) is 0 Å². The molecule has 0 aliphatic rings. The molecule has 2 aromatic carbocycles. The van der Waals surface area contributed by atoms with E-state index in [9.17, 15) is 9.18 Å². The minimum absolute atomic E-state index is 0.291. The van der Waals surface area contributed by atoms with E-state index in [4.69, 9.17) is 4.74 Å². The molecule has 1 unspecified atom stereocenters. The van der Waals surface area contributed by atoms with Crippen LogP contribution in [0.1, 0.15) is 12.6 Å². The maximum Gasteiger partial charge on any atom is 0.265 e. The molecule has 0 aliphatic carbocycles. The number of ether oxygens (including phenoxy) is 1. The molecule has 1 amide bonds. The highest BCUT2D eigenvalue weighted by Gasteiger charge is 2.15. The molecular weight excluding hydrogens is 295 g/mol. The van der Waals surface area contributed by atoms with Crippen molar-refractivity contribution in [2.75, 3.05) is 5.32 Å². The molecule has 0 saturated carbocycles. The number of carbonyl (C=O) groups excluding carboxylic acids is 1. The third kappa shape index (κ3) is 3.51. The van der Waals surface area contributed by atoms with Crippen LogP contribution in [0.25, 0.3) is 10.9 Å². The Morgan fingerprint density at radius 2 is 2.04 bits per heavy atom. The number of fused-ring (bicyclic) bond motifs is 1. The first-order chi connectivity index (χ1) is 11.0. The van der Waals surface area contributed by atoms with Gasteiger partial charge in [-0.3, -0.25) is 4.79 Å². The van der Waals surface area contributed by atoms with Gasteiger partial charge >= 0.3 is 0 Å². The number of carbonyl (C=O) groups is 1. The van der Waals surface area contributed by atoms with Crippen LogP contribution in [0.15, 0.2) is 48.5 Å². The monoisotopic (exact) mass is 312 g/mol. The Morgan fingerprint density at radius 1 is 1.22 bits per heavy atom. The number of amides is 1. The first-order valence-electron chi connectivity index (χ1n) is 7.34. The SMILES string of the molecule is Cc1cc2cc(NC(=O)C(C)Oc3cccc(F)c3)ccc2[nH]1. The maximum atomic E-state index is 13.1. The highest BCUT2D eigenvalue weighted by molar-refractivity contribution is 5.96. The van der Waals surface area contributed by atoms with Crippen LogP contribution in [-0.2, 0) is 4.79 Å². The van der Waals surface area contributed by atoms with E-state index in [1.54, 1.807) is 13.0 Å². The Morgan fingerprint density at radius 3 is 2.83 bits per heavy atom. The number of aromatic nitrogens is 1. The standard InChI is InChI=1S/C18H17FN2O2/c1-11-8-13-9-15(6-7-17(13)20-11)21-18(22)12(2)23-16-5-3-4-14(19)10-16/h3-10,12,20H,1-2H3,(H,21,22). The van der Waals surface area contributed by atoms with Gasteiger partial charge in [0.2, 0.25) is 0 Å². The van der Waals surface area contributed by atoms with Crippen LogP contribution in [0.3, 0.4) is 0 Å². The Labute approximate surface area is 133 Å². The van der Waals surface area contributed by atoms with Crippen molar-refractivity contribution < 1.29 is 13.9 Å². The topological polar surface area (TPSA) is 54.1 Å². The summed E-state index contributed by atoms with van der Waals surface area (Å²) in [4.78, 5) is 15.4. The fourth-order valence-corrected chi connectivity index (χ4v) is 2.40. The van der Waals surface area contributed by atoms with Crippen LogP contribution in [0.2, 0.25) is 0 Å². The minimum atomic E-state index is -0.736. The van der Waals surface area contributed by atoms with E-state index in [1.807, 2.05) is 31.2 Å². The summed E-state index contributed by atoms with van der Waals surface area (Å²) in [5.41, 5.74) is 2.77. The molecule has 3 aromatic rings. The fourth-order valence-electron chi connectivity index (χ4n) is 2.40. The summed E-state index contributed by atoms with van der Waals surface area (Å²) in [6.07, 6.45) is -0.736. The number of nitrogens with one attached hydrogen (secondary N) is 2. The normalized spacial score (nSPS) is 12.1. The van der Waals surface area contributed by atoms with E-state index in [-0.39, 0.29) is 5.91 Å². The Hall–Kier alpha value is -2.82. The molecule has 0 aliphatic heterocycles. The predicted octanol–water partition coefficient (Wildman–Crippen LogP) is 4.02. The lowest BCUT2D eigenvalue weighted by molar-refractivity contribution is -0.122. The second-order valence-electron chi connectivity index (χ2n) is 5.46. The van der Waals surface area contributed by atoms with Crippen LogP contribution in [-0.4, -0.2) is 17.0 Å². The van der Waals surface area contributed by atoms with Gasteiger partial charge < -0.3 is 15.0 Å². The number of anilines is 1. The third-order valence-electron chi connectivity index (χ3n) is 3.50. The van der Waals surface area contributed by atoms with Gasteiger partial charge in [0.05, 0.1) is 0 Å². The molecule has 5 heteroatoms. The van der Waals surface area contributed by atoms with Crippen LogP contribution in [0, 0.1) is 12.7 Å². The van der Waals surface area contributed by atoms with Crippen molar-refractivity contribution in [1.82, 2.24) is 4.98 Å². The molecule has 0 bridgehead atoms. The van der Waals surface area contributed by atoms with Gasteiger partial charge in [0, 0.05) is 28.4 Å². The van der Waals surface area contributed by atoms with Crippen molar-refractivity contribution >= 4 is 22.5 Å². The zero-order valence-electron chi connectivity index (χ0n) is 12.9. The van der Waals surface area contributed by atoms with E-state index in [0.717, 1.165) is 16.6 Å². The second-order valence-corrected chi connectivity index (χ2v) is 5.46. The largest absolute Gasteiger partial charge is 0.481 e. The number of hydrogen-bond donors (Lipinski definition) is 2. The number of aromatic amines is 1. The minimum Gasteiger partial charge on any atom is -0.481 e. The van der Waals surface area contributed by atoms with Crippen molar-refractivity contribution in [3.63, 3.8) is 0 Å². The van der Waals surface area contributed by atoms with Crippen molar-refractivity contribution in [2.45, 2.75) is 20.0 Å². The summed E-state index contributed by atoms with van der Waals surface area (Å²) in [6.45, 7) is 3.60. The van der Waals surface area contributed by atoms with E-state index < -0.39 is 11.9 Å². The lowest BCUT2D eigenvalue weighted by atomic mass is 10.2. The lowest BCUT2D eigenvalue weighted by Crippen LogP contribution is -2.30. The Kier molecular flexibility index (Phi) is 4.02. The number of H-pyrrole nitrogens is 1. The number of aryl methyl sites for hydroxylation is 1. The summed E-state index contributed by atoms with van der Waals surface area (Å²) < 4.78 is 18.6. The zero-order chi connectivity index (χ0) is 16.4. The van der Waals surface area contributed by atoms with Crippen LogP contribution in [0.4, 0.5) is 10.1 Å². The van der Waals surface area contributed by atoms with Crippen molar-refractivity contribution in [1.29, 1.82) is 0 Å². The summed E-state index contributed by atoms with van der Waals surface area (Å²) in [5.74, 6) is -0.367. The summed E-state index contributed by atoms with van der Waals surface area (Å²) in [7, 11) is 0. The number of halogens is 1. The first-order valence-corrected chi connectivity index (χ1v) is 7.34. The number of hydrogen-bond acceptors (Lipinski definition) is 2. The molecule has 1 atom stereocenters. The van der Waals surface area contributed by atoms with Crippen molar-refractivity contribution in [3.8, 4) is 5.75 Å². The van der Waals surface area contributed by atoms with Gasteiger partial charge in [0.1, 0.15) is 11.6 Å². The van der Waals surface area contributed by atoms with Crippen LogP contribution >= 0.6 is 0 Å². The molecule has 2 N–H and O–H groups in total. The van der Waals surface area contributed by atoms with E-state index in [1.165, 1.54) is 18.2 Å². The summed E-state index contributed by atoms with van der Waals surface area (Å²) in [6, 6.07) is 13.4. The fraction of sp³-hybridized carbons (Fsp3) is 0.167. The van der Waals surface area contributed by atoms with Gasteiger partial charge in [-0.2, -0.15) is 0 Å². The van der Waals surface area contributed by atoms with Crippen LogP contribution < -0.4 is 10.1 Å². The summed E-state index contributed by atoms with van der Waals surface area (Å²) in [5, 5.41) is 3.83. The zero-order valence-corrected chi connectivity index (χ0v) is 12.9. The van der Waals surface area contributed by atoms with E-state index >= 15 is 0 Å². The molecule has 0 saturated heterocycles. The molecule has 3 rings (SSSR count). The predicted molar refractivity (Wildman–Crippen MR) is 88.2 cm³/mol. The smallest absolute Gasteiger partial charge is 0.265 e. The highest BCUT2D eigenvalue weighted by atomic mass is 19.1. The van der Waals surface area contributed by atoms with Gasteiger partial charge in [0.15, 0.2) is 6.10 Å². The number of benzene rings is 2. The third-order valence-corrected chi connectivity index (χ3v) is 3.50. The Balaban J connectivity index is 1.69.